The molecule has 0 spiro atoms. The van der Waals surface area contributed by atoms with E-state index in [1.165, 1.54) is 6.08 Å². The predicted octanol–water partition coefficient (Wildman–Crippen LogP) is 3.66. The zero-order valence-electron chi connectivity index (χ0n) is 11.6. The van der Waals surface area contributed by atoms with Crippen molar-refractivity contribution in [2.24, 2.45) is 0 Å². The lowest BCUT2D eigenvalue weighted by Crippen LogP contribution is -2.07. The monoisotopic (exact) mass is 267 g/mol. The summed E-state index contributed by atoms with van der Waals surface area (Å²) in [5.41, 5.74) is 2.77. The van der Waals surface area contributed by atoms with Crippen LogP contribution in [0.1, 0.15) is 11.1 Å². The molecule has 102 valence electrons. The van der Waals surface area contributed by atoms with E-state index in [9.17, 15) is 4.79 Å². The molecule has 3 heteroatoms. The van der Waals surface area contributed by atoms with Gasteiger partial charge in [-0.2, -0.15) is 0 Å². The molecule has 0 saturated heterocycles. The maximum Gasteiger partial charge on any atom is 0.248 e. The highest BCUT2D eigenvalue weighted by molar-refractivity contribution is 6.02. The Hall–Kier alpha value is -2.55. The highest BCUT2D eigenvalue weighted by Crippen LogP contribution is 2.18. The van der Waals surface area contributed by atoms with Crippen molar-refractivity contribution in [2.75, 3.05) is 12.4 Å². The van der Waals surface area contributed by atoms with Gasteiger partial charge in [-0.05, 0) is 36.8 Å². The number of carbonyl (C=O) groups is 1. The number of para-hydroxylation sites is 1. The fourth-order valence-electron chi connectivity index (χ4n) is 1.88. The molecule has 0 heterocycles. The Morgan fingerprint density at radius 2 is 1.95 bits per heavy atom. The van der Waals surface area contributed by atoms with Crippen LogP contribution in [0.25, 0.3) is 6.08 Å². The van der Waals surface area contributed by atoms with Crippen LogP contribution in [-0.4, -0.2) is 13.0 Å². The van der Waals surface area contributed by atoms with E-state index in [0.29, 0.717) is 0 Å². The van der Waals surface area contributed by atoms with Gasteiger partial charge in [0.2, 0.25) is 5.91 Å². The molecule has 0 aliphatic carbocycles. The first-order valence-corrected chi connectivity index (χ1v) is 6.38. The van der Waals surface area contributed by atoms with Crippen LogP contribution in [0.3, 0.4) is 0 Å². The summed E-state index contributed by atoms with van der Waals surface area (Å²) in [7, 11) is 1.61. The van der Waals surface area contributed by atoms with Gasteiger partial charge in [-0.15, -0.1) is 0 Å². The minimum absolute atomic E-state index is 0.165. The van der Waals surface area contributed by atoms with Crippen LogP contribution in [0.4, 0.5) is 5.69 Å². The Kier molecular flexibility index (Phi) is 4.56. The highest BCUT2D eigenvalue weighted by Gasteiger charge is 2.00. The van der Waals surface area contributed by atoms with Crippen LogP contribution in [-0.2, 0) is 4.79 Å². The van der Waals surface area contributed by atoms with E-state index in [1.807, 2.05) is 55.5 Å². The maximum atomic E-state index is 11.9. The first kappa shape index (κ1) is 13.9. The number of nitrogens with one attached hydrogen (secondary N) is 1. The van der Waals surface area contributed by atoms with Gasteiger partial charge in [0.25, 0.3) is 0 Å². The zero-order chi connectivity index (χ0) is 14.4. The van der Waals surface area contributed by atoms with Gasteiger partial charge in [-0.1, -0.05) is 30.3 Å². The number of hydrogen-bond donors (Lipinski definition) is 1. The second-order valence-corrected chi connectivity index (χ2v) is 4.43. The number of benzene rings is 2. The third-order valence-corrected chi connectivity index (χ3v) is 2.84. The van der Waals surface area contributed by atoms with E-state index in [-0.39, 0.29) is 5.91 Å². The van der Waals surface area contributed by atoms with Crippen LogP contribution < -0.4 is 10.1 Å². The molecule has 20 heavy (non-hydrogen) atoms. The number of amides is 1. The average molecular weight is 267 g/mol. The first-order valence-electron chi connectivity index (χ1n) is 6.38. The van der Waals surface area contributed by atoms with Crippen LogP contribution in [0, 0.1) is 6.92 Å². The van der Waals surface area contributed by atoms with Gasteiger partial charge in [0.1, 0.15) is 5.75 Å². The summed E-state index contributed by atoms with van der Waals surface area (Å²) in [6.45, 7) is 1.99. The average Bonchev–Trinajstić information content (AvgIpc) is 2.45. The third-order valence-electron chi connectivity index (χ3n) is 2.84. The molecule has 0 radical (unpaired) electrons. The number of carbonyl (C=O) groups excluding carboxylic acids is 1. The Bertz CT molecular complexity index is 632. The van der Waals surface area contributed by atoms with E-state index in [0.717, 1.165) is 22.6 Å². The molecule has 1 N–H and O–H groups in total. The van der Waals surface area contributed by atoms with Crippen molar-refractivity contribution in [1.82, 2.24) is 0 Å². The number of hydrogen-bond acceptors (Lipinski definition) is 2. The summed E-state index contributed by atoms with van der Waals surface area (Å²) < 4.78 is 5.23. The molecule has 0 fully saturated rings. The Morgan fingerprint density at radius 3 is 2.70 bits per heavy atom. The fourth-order valence-corrected chi connectivity index (χ4v) is 1.88. The molecule has 0 aliphatic rings. The predicted molar refractivity (Wildman–Crippen MR) is 81.8 cm³/mol. The van der Waals surface area contributed by atoms with Gasteiger partial charge in [0, 0.05) is 17.3 Å². The minimum Gasteiger partial charge on any atom is -0.496 e. The molecular formula is C17H17NO2. The SMILES string of the molecule is COc1ccccc1/C=C/C(=O)Nc1cccc(C)c1. The molecule has 0 aliphatic heterocycles. The number of methoxy groups -OCH3 is 1. The second-order valence-electron chi connectivity index (χ2n) is 4.43. The molecule has 0 unspecified atom stereocenters. The molecule has 2 aromatic carbocycles. The molecule has 1 amide bonds. The third kappa shape index (κ3) is 3.72. The summed E-state index contributed by atoms with van der Waals surface area (Å²) in [5, 5.41) is 2.82. The largest absolute Gasteiger partial charge is 0.496 e. The van der Waals surface area contributed by atoms with Gasteiger partial charge in [0.15, 0.2) is 0 Å². The molecule has 0 atom stereocenters. The fraction of sp³-hybridized carbons (Fsp3) is 0.118. The summed E-state index contributed by atoms with van der Waals surface area (Å²) in [5.74, 6) is 0.577. The van der Waals surface area contributed by atoms with Crippen molar-refractivity contribution >= 4 is 17.7 Å². The number of anilines is 1. The molecule has 0 aromatic heterocycles. The lowest BCUT2D eigenvalue weighted by atomic mass is 10.2. The van der Waals surface area contributed by atoms with Crippen molar-refractivity contribution in [3.05, 3.63) is 65.7 Å². The number of aryl methyl sites for hydroxylation is 1. The van der Waals surface area contributed by atoms with E-state index in [4.69, 9.17) is 4.74 Å². The second kappa shape index (κ2) is 6.57. The molecule has 0 bridgehead atoms. The van der Waals surface area contributed by atoms with Crippen molar-refractivity contribution in [3.63, 3.8) is 0 Å². The summed E-state index contributed by atoms with van der Waals surface area (Å²) >= 11 is 0. The van der Waals surface area contributed by atoms with Crippen molar-refractivity contribution in [2.45, 2.75) is 6.92 Å². The quantitative estimate of drug-likeness (QED) is 0.859. The topological polar surface area (TPSA) is 38.3 Å². The van der Waals surface area contributed by atoms with Gasteiger partial charge < -0.3 is 10.1 Å². The van der Waals surface area contributed by atoms with E-state index < -0.39 is 0 Å². The van der Waals surface area contributed by atoms with Crippen molar-refractivity contribution in [3.8, 4) is 5.75 Å². The summed E-state index contributed by atoms with van der Waals surface area (Å²) in [4.78, 5) is 11.9. The van der Waals surface area contributed by atoms with E-state index in [2.05, 4.69) is 5.32 Å². The maximum absolute atomic E-state index is 11.9. The van der Waals surface area contributed by atoms with Crippen molar-refractivity contribution < 1.29 is 9.53 Å². The van der Waals surface area contributed by atoms with Crippen LogP contribution in [0.2, 0.25) is 0 Å². The minimum atomic E-state index is -0.165. The van der Waals surface area contributed by atoms with Crippen LogP contribution in [0.5, 0.6) is 5.75 Å². The normalized spacial score (nSPS) is 10.5. The van der Waals surface area contributed by atoms with E-state index in [1.54, 1.807) is 13.2 Å². The smallest absolute Gasteiger partial charge is 0.248 e. The van der Waals surface area contributed by atoms with Gasteiger partial charge in [-0.3, -0.25) is 4.79 Å². The molecule has 0 saturated carbocycles. The van der Waals surface area contributed by atoms with Crippen molar-refractivity contribution in [1.29, 1.82) is 0 Å². The lowest BCUT2D eigenvalue weighted by Gasteiger charge is -2.04. The summed E-state index contributed by atoms with van der Waals surface area (Å²) in [6.07, 6.45) is 3.24. The van der Waals surface area contributed by atoms with Gasteiger partial charge >= 0.3 is 0 Å². The Labute approximate surface area is 118 Å². The summed E-state index contributed by atoms with van der Waals surface area (Å²) in [6, 6.07) is 15.2. The zero-order valence-corrected chi connectivity index (χ0v) is 11.6. The van der Waals surface area contributed by atoms with Gasteiger partial charge in [0.05, 0.1) is 7.11 Å². The highest BCUT2D eigenvalue weighted by atomic mass is 16.5. The Morgan fingerprint density at radius 1 is 1.15 bits per heavy atom. The molecule has 2 rings (SSSR count). The van der Waals surface area contributed by atoms with Crippen LogP contribution >= 0.6 is 0 Å². The lowest BCUT2D eigenvalue weighted by molar-refractivity contribution is -0.111. The first-order chi connectivity index (χ1) is 9.69. The van der Waals surface area contributed by atoms with Gasteiger partial charge in [-0.25, -0.2) is 0 Å². The van der Waals surface area contributed by atoms with Crippen LogP contribution in [0.15, 0.2) is 54.6 Å². The standard InChI is InChI=1S/C17H17NO2/c1-13-6-5-8-15(12-13)18-17(19)11-10-14-7-3-4-9-16(14)20-2/h3-12H,1-2H3,(H,18,19)/b11-10+. The molecular weight excluding hydrogens is 250 g/mol. The van der Waals surface area contributed by atoms with E-state index >= 15 is 0 Å². The Balaban J connectivity index is 2.06. The molecule has 2 aromatic rings. The number of rotatable bonds is 4. The molecule has 3 nitrogen and oxygen atoms in total. The number of ether oxygens (including phenoxy) is 1.